The first kappa shape index (κ1) is 23.6. The smallest absolute Gasteiger partial charge is 0.316 e. The van der Waals surface area contributed by atoms with Crippen LogP contribution in [0.25, 0.3) is 0 Å². The van der Waals surface area contributed by atoms with Gasteiger partial charge in [0.2, 0.25) is 0 Å². The Morgan fingerprint density at radius 2 is 0.875 bits per heavy atom. The summed E-state index contributed by atoms with van der Waals surface area (Å²) in [5.41, 5.74) is 0. The summed E-state index contributed by atoms with van der Waals surface area (Å²) >= 11 is 3.07. The third-order valence-electron chi connectivity index (χ3n) is 3.97. The van der Waals surface area contributed by atoms with Crippen LogP contribution in [0.15, 0.2) is 0 Å². The van der Waals surface area contributed by atoms with Crippen molar-refractivity contribution >= 4 is 35.5 Å². The number of rotatable bonds is 17. The molecular formula is C18H34O4S2. The van der Waals surface area contributed by atoms with Gasteiger partial charge in [-0.25, -0.2) is 0 Å². The molecule has 0 aliphatic rings. The van der Waals surface area contributed by atoms with Crippen molar-refractivity contribution in [2.75, 3.05) is 11.5 Å². The summed E-state index contributed by atoms with van der Waals surface area (Å²) in [5, 5.41) is 17.0. The minimum atomic E-state index is -0.713. The average molecular weight is 379 g/mol. The summed E-state index contributed by atoms with van der Waals surface area (Å²) < 4.78 is 0. The van der Waals surface area contributed by atoms with E-state index < -0.39 is 11.9 Å². The van der Waals surface area contributed by atoms with Crippen LogP contribution in [0, 0.1) is 0 Å². The first-order valence-corrected chi connectivity index (χ1v) is 11.2. The molecule has 6 heteroatoms. The Kier molecular flexibility index (Phi) is 15.9. The molecule has 0 bridgehead atoms. The second-order valence-electron chi connectivity index (χ2n) is 6.24. The van der Waals surface area contributed by atoms with Crippen LogP contribution in [0.2, 0.25) is 0 Å². The number of hydrogen-bond acceptors (Lipinski definition) is 4. The van der Waals surface area contributed by atoms with Gasteiger partial charge >= 0.3 is 11.9 Å². The number of thioether (sulfide) groups is 2. The molecule has 0 aromatic heterocycles. The molecule has 24 heavy (non-hydrogen) atoms. The van der Waals surface area contributed by atoms with Crippen LogP contribution in [0.1, 0.15) is 78.1 Å². The number of carboxylic acids is 2. The zero-order valence-corrected chi connectivity index (χ0v) is 16.8. The molecule has 2 N–H and O–H groups in total. The second kappa shape index (κ2) is 16.1. The molecule has 0 aromatic carbocycles. The van der Waals surface area contributed by atoms with Gasteiger partial charge in [-0.2, -0.15) is 0 Å². The van der Waals surface area contributed by atoms with Crippen molar-refractivity contribution in [2.45, 2.75) is 88.6 Å². The highest BCUT2D eigenvalue weighted by atomic mass is 32.2. The van der Waals surface area contributed by atoms with Gasteiger partial charge in [0, 0.05) is 0 Å². The third-order valence-corrected chi connectivity index (χ3v) is 6.42. The summed E-state index contributed by atoms with van der Waals surface area (Å²) in [6.07, 6.45) is 12.3. The van der Waals surface area contributed by atoms with E-state index in [1.54, 1.807) is 13.8 Å². The highest BCUT2D eigenvalue weighted by molar-refractivity contribution is 8.00. The van der Waals surface area contributed by atoms with Crippen molar-refractivity contribution in [3.05, 3.63) is 0 Å². The van der Waals surface area contributed by atoms with Crippen LogP contribution in [0.3, 0.4) is 0 Å². The van der Waals surface area contributed by atoms with Crippen LogP contribution in [-0.4, -0.2) is 44.2 Å². The molecule has 0 unspecified atom stereocenters. The van der Waals surface area contributed by atoms with Crippen molar-refractivity contribution in [1.29, 1.82) is 0 Å². The first-order chi connectivity index (χ1) is 11.4. The van der Waals surface area contributed by atoms with Gasteiger partial charge in [0.05, 0.1) is 10.5 Å². The molecule has 0 amide bonds. The Labute approximate surface area is 155 Å². The van der Waals surface area contributed by atoms with Crippen LogP contribution in [0.5, 0.6) is 0 Å². The summed E-state index contributed by atoms with van der Waals surface area (Å²) in [6, 6.07) is 0. The van der Waals surface area contributed by atoms with Crippen molar-refractivity contribution in [2.24, 2.45) is 0 Å². The fourth-order valence-electron chi connectivity index (χ4n) is 2.28. The van der Waals surface area contributed by atoms with Crippen molar-refractivity contribution in [3.8, 4) is 0 Å². The maximum Gasteiger partial charge on any atom is 0.316 e. The average Bonchev–Trinajstić information content (AvgIpc) is 2.54. The fraction of sp³-hybridized carbons (Fsp3) is 0.889. The molecule has 2 atom stereocenters. The molecule has 0 aliphatic heterocycles. The van der Waals surface area contributed by atoms with E-state index in [2.05, 4.69) is 0 Å². The Morgan fingerprint density at radius 3 is 1.12 bits per heavy atom. The van der Waals surface area contributed by atoms with Crippen LogP contribution < -0.4 is 0 Å². The molecular weight excluding hydrogens is 344 g/mol. The maximum absolute atomic E-state index is 10.7. The van der Waals surface area contributed by atoms with Gasteiger partial charge in [-0.05, 0) is 38.2 Å². The minimum absolute atomic E-state index is 0.282. The predicted octanol–water partition coefficient (Wildman–Crippen LogP) is 5.30. The zero-order valence-electron chi connectivity index (χ0n) is 15.2. The summed E-state index contributed by atoms with van der Waals surface area (Å²) in [7, 11) is 0. The van der Waals surface area contributed by atoms with E-state index in [0.29, 0.717) is 0 Å². The van der Waals surface area contributed by atoms with Crippen LogP contribution in [-0.2, 0) is 9.59 Å². The lowest BCUT2D eigenvalue weighted by Crippen LogP contribution is -2.11. The third kappa shape index (κ3) is 15.2. The van der Waals surface area contributed by atoms with Gasteiger partial charge in [0.1, 0.15) is 0 Å². The fourth-order valence-corrected chi connectivity index (χ4v) is 4.01. The largest absolute Gasteiger partial charge is 0.480 e. The lowest BCUT2D eigenvalue weighted by atomic mass is 10.1. The molecule has 0 spiro atoms. The number of hydrogen-bond donors (Lipinski definition) is 2. The molecule has 0 heterocycles. The first-order valence-electron chi connectivity index (χ1n) is 9.14. The molecule has 4 nitrogen and oxygen atoms in total. The second-order valence-corrected chi connectivity index (χ2v) is 9.14. The zero-order chi connectivity index (χ0) is 18.2. The highest BCUT2D eigenvalue weighted by Gasteiger charge is 2.10. The molecule has 0 aromatic rings. The maximum atomic E-state index is 10.7. The van der Waals surface area contributed by atoms with E-state index in [4.69, 9.17) is 10.2 Å². The SMILES string of the molecule is C[C@H](SCCCCCCCCCCCCS[C@H](C)C(=O)O)C(=O)O. The summed E-state index contributed by atoms with van der Waals surface area (Å²) in [6.45, 7) is 3.50. The topological polar surface area (TPSA) is 74.6 Å². The molecule has 0 radical (unpaired) electrons. The lowest BCUT2D eigenvalue weighted by Gasteiger charge is -2.06. The quantitative estimate of drug-likeness (QED) is 0.335. The molecule has 0 rings (SSSR count). The van der Waals surface area contributed by atoms with E-state index in [1.807, 2.05) is 0 Å². The van der Waals surface area contributed by atoms with Gasteiger partial charge in [-0.1, -0.05) is 51.4 Å². The van der Waals surface area contributed by atoms with Gasteiger partial charge < -0.3 is 10.2 Å². The molecule has 0 fully saturated rings. The van der Waals surface area contributed by atoms with Crippen LogP contribution >= 0.6 is 23.5 Å². The lowest BCUT2D eigenvalue weighted by molar-refractivity contribution is -0.137. The Morgan fingerprint density at radius 1 is 0.625 bits per heavy atom. The monoisotopic (exact) mass is 378 g/mol. The van der Waals surface area contributed by atoms with Gasteiger partial charge in [-0.3, -0.25) is 9.59 Å². The van der Waals surface area contributed by atoms with Crippen molar-refractivity contribution < 1.29 is 19.8 Å². The Balaban J connectivity index is 3.15. The van der Waals surface area contributed by atoms with Gasteiger partial charge in [-0.15, -0.1) is 23.5 Å². The normalized spacial score (nSPS) is 13.6. The Hall–Kier alpha value is -0.360. The van der Waals surface area contributed by atoms with E-state index >= 15 is 0 Å². The van der Waals surface area contributed by atoms with E-state index in [0.717, 1.165) is 24.3 Å². The molecule has 0 aliphatic carbocycles. The van der Waals surface area contributed by atoms with E-state index in [9.17, 15) is 9.59 Å². The number of aliphatic carboxylic acids is 2. The van der Waals surface area contributed by atoms with Crippen molar-refractivity contribution in [1.82, 2.24) is 0 Å². The summed E-state index contributed by atoms with van der Waals surface area (Å²) in [5.74, 6) is 0.475. The van der Waals surface area contributed by atoms with E-state index in [1.165, 1.54) is 74.9 Å². The molecule has 0 saturated heterocycles. The van der Waals surface area contributed by atoms with Gasteiger partial charge in [0.15, 0.2) is 0 Å². The number of carboxylic acid groups (broad SMARTS) is 2. The minimum Gasteiger partial charge on any atom is -0.480 e. The molecule has 142 valence electrons. The number of carbonyl (C=O) groups is 2. The van der Waals surface area contributed by atoms with Crippen molar-refractivity contribution in [3.63, 3.8) is 0 Å². The highest BCUT2D eigenvalue weighted by Crippen LogP contribution is 2.17. The van der Waals surface area contributed by atoms with Gasteiger partial charge in [0.25, 0.3) is 0 Å². The standard InChI is InChI=1S/C18H34O4S2/c1-15(17(19)20)23-13-11-9-7-5-3-4-6-8-10-12-14-24-16(2)18(21)22/h15-16H,3-14H2,1-2H3,(H,19,20)(H,21,22)/t15-,16+. The van der Waals surface area contributed by atoms with E-state index in [-0.39, 0.29) is 10.5 Å². The molecule has 0 saturated carbocycles. The summed E-state index contributed by atoms with van der Waals surface area (Å²) in [4.78, 5) is 21.3. The van der Waals surface area contributed by atoms with Crippen LogP contribution in [0.4, 0.5) is 0 Å². The predicted molar refractivity (Wildman–Crippen MR) is 105 cm³/mol. The number of unbranched alkanes of at least 4 members (excludes halogenated alkanes) is 9. The Bertz CT molecular complexity index is 305.